The molecule has 0 aliphatic heterocycles. The molecule has 2 aromatic rings. The largest absolute Gasteiger partial charge is 0.317 e. The summed E-state index contributed by atoms with van der Waals surface area (Å²) in [6.45, 7) is 7.60. The molecular weight excluding hydrogens is 278 g/mol. The molecule has 0 radical (unpaired) electrons. The van der Waals surface area contributed by atoms with E-state index < -0.39 is 11.8 Å². The molecule has 0 fully saturated rings. The summed E-state index contributed by atoms with van der Waals surface area (Å²) >= 11 is 0. The highest BCUT2D eigenvalue weighted by Gasteiger charge is 2.17. The van der Waals surface area contributed by atoms with E-state index in [1.54, 1.807) is 12.3 Å². The molecule has 0 aliphatic rings. The Bertz CT molecular complexity index is 715. The molecule has 0 aliphatic carbocycles. The van der Waals surface area contributed by atoms with Crippen molar-refractivity contribution in [3.05, 3.63) is 52.7 Å². The zero-order valence-corrected chi connectivity index (χ0v) is 13.2. The number of benzene rings is 1. The monoisotopic (exact) mass is 297 g/mol. The lowest BCUT2D eigenvalue weighted by atomic mass is 10.1. The second kappa shape index (κ2) is 6.39. The number of aryl methyl sites for hydroxylation is 4. The maximum Gasteiger partial charge on any atom is 0.315 e. The van der Waals surface area contributed by atoms with Crippen molar-refractivity contribution < 1.29 is 9.59 Å². The van der Waals surface area contributed by atoms with E-state index in [9.17, 15) is 9.59 Å². The van der Waals surface area contributed by atoms with Crippen LogP contribution in [0.2, 0.25) is 0 Å². The van der Waals surface area contributed by atoms with Crippen LogP contribution in [0, 0.1) is 27.7 Å². The van der Waals surface area contributed by atoms with E-state index >= 15 is 0 Å². The number of hydrogen-bond acceptors (Lipinski definition) is 3. The van der Waals surface area contributed by atoms with Crippen molar-refractivity contribution in [2.24, 2.45) is 0 Å². The molecule has 0 unspecified atom stereocenters. The number of nitrogens with one attached hydrogen (secondary N) is 2. The van der Waals surface area contributed by atoms with Crippen molar-refractivity contribution in [3.63, 3.8) is 0 Å². The first-order valence-corrected chi connectivity index (χ1v) is 7.00. The van der Waals surface area contributed by atoms with Gasteiger partial charge in [0.1, 0.15) is 5.82 Å². The minimum absolute atomic E-state index is 0.389. The van der Waals surface area contributed by atoms with Crippen molar-refractivity contribution in [2.75, 3.05) is 10.6 Å². The fourth-order valence-electron chi connectivity index (χ4n) is 2.33. The smallest absolute Gasteiger partial charge is 0.315 e. The van der Waals surface area contributed by atoms with Crippen LogP contribution in [-0.2, 0) is 9.59 Å². The Morgan fingerprint density at radius 2 is 1.50 bits per heavy atom. The summed E-state index contributed by atoms with van der Waals surface area (Å²) in [5.74, 6) is -1.05. The lowest BCUT2D eigenvalue weighted by Crippen LogP contribution is -2.30. The first-order chi connectivity index (χ1) is 10.4. The number of nitrogens with zero attached hydrogens (tertiary/aromatic N) is 1. The Morgan fingerprint density at radius 1 is 0.909 bits per heavy atom. The highest BCUT2D eigenvalue weighted by molar-refractivity contribution is 6.43. The van der Waals surface area contributed by atoms with Crippen LogP contribution in [0.5, 0.6) is 0 Å². The number of amides is 2. The quantitative estimate of drug-likeness (QED) is 0.837. The third kappa shape index (κ3) is 3.49. The summed E-state index contributed by atoms with van der Waals surface area (Å²) in [6.07, 6.45) is 1.56. The SMILES string of the molecule is Cc1cc(C)c(NC(=O)C(=O)Nc2ncccc2C)c(C)c1. The minimum Gasteiger partial charge on any atom is -0.317 e. The van der Waals surface area contributed by atoms with Crippen LogP contribution < -0.4 is 10.6 Å². The van der Waals surface area contributed by atoms with Gasteiger partial charge in [0, 0.05) is 11.9 Å². The molecule has 1 aromatic carbocycles. The molecule has 114 valence electrons. The second-order valence-electron chi connectivity index (χ2n) is 5.35. The molecule has 2 rings (SSSR count). The first-order valence-electron chi connectivity index (χ1n) is 7.00. The summed E-state index contributed by atoms with van der Waals surface area (Å²) in [5.41, 5.74) is 4.43. The average molecular weight is 297 g/mol. The van der Waals surface area contributed by atoms with E-state index in [0.29, 0.717) is 11.5 Å². The molecule has 5 heteroatoms. The second-order valence-corrected chi connectivity index (χ2v) is 5.35. The summed E-state index contributed by atoms with van der Waals surface area (Å²) < 4.78 is 0. The zero-order chi connectivity index (χ0) is 16.3. The van der Waals surface area contributed by atoms with Crippen LogP contribution in [0.4, 0.5) is 11.5 Å². The zero-order valence-electron chi connectivity index (χ0n) is 13.2. The predicted molar refractivity (Wildman–Crippen MR) is 86.9 cm³/mol. The van der Waals surface area contributed by atoms with E-state index in [0.717, 1.165) is 22.3 Å². The topological polar surface area (TPSA) is 71.1 Å². The Balaban J connectivity index is 2.13. The molecule has 2 N–H and O–H groups in total. The molecule has 2 amide bonds. The van der Waals surface area contributed by atoms with Crippen molar-refractivity contribution in [2.45, 2.75) is 27.7 Å². The fraction of sp³-hybridized carbons (Fsp3) is 0.235. The number of carbonyl (C=O) groups is 2. The van der Waals surface area contributed by atoms with E-state index in [1.807, 2.05) is 45.9 Å². The predicted octanol–water partition coefficient (Wildman–Crippen LogP) is 2.89. The Morgan fingerprint density at radius 3 is 2.09 bits per heavy atom. The van der Waals surface area contributed by atoms with Crippen LogP contribution >= 0.6 is 0 Å². The number of pyridine rings is 1. The van der Waals surface area contributed by atoms with Crippen molar-refractivity contribution in [1.82, 2.24) is 4.98 Å². The standard InChI is InChI=1S/C17H19N3O2/c1-10-8-12(3)14(13(4)9-10)19-16(21)17(22)20-15-11(2)6-5-7-18-15/h5-9H,1-4H3,(H,19,21)(H,18,20,22). The van der Waals surface area contributed by atoms with Gasteiger partial charge in [-0.05, 0) is 50.5 Å². The first kappa shape index (κ1) is 15.7. The van der Waals surface area contributed by atoms with Gasteiger partial charge in [-0.25, -0.2) is 4.98 Å². The average Bonchev–Trinajstić information content (AvgIpc) is 2.45. The molecular formula is C17H19N3O2. The third-order valence-electron chi connectivity index (χ3n) is 3.36. The maximum absolute atomic E-state index is 12.1. The number of hydrogen-bond donors (Lipinski definition) is 2. The van der Waals surface area contributed by atoms with E-state index in [-0.39, 0.29) is 0 Å². The van der Waals surface area contributed by atoms with Crippen LogP contribution in [0.3, 0.4) is 0 Å². The van der Waals surface area contributed by atoms with Crippen LogP contribution in [-0.4, -0.2) is 16.8 Å². The van der Waals surface area contributed by atoms with Gasteiger partial charge in [0.2, 0.25) is 0 Å². The van der Waals surface area contributed by atoms with Gasteiger partial charge in [0.05, 0.1) is 0 Å². The van der Waals surface area contributed by atoms with E-state index in [1.165, 1.54) is 0 Å². The van der Waals surface area contributed by atoms with Gasteiger partial charge in [-0.2, -0.15) is 0 Å². The molecule has 0 atom stereocenters. The van der Waals surface area contributed by atoms with Crippen molar-refractivity contribution in [3.8, 4) is 0 Å². The van der Waals surface area contributed by atoms with Gasteiger partial charge in [-0.15, -0.1) is 0 Å². The molecule has 22 heavy (non-hydrogen) atoms. The van der Waals surface area contributed by atoms with Gasteiger partial charge in [0.25, 0.3) is 0 Å². The van der Waals surface area contributed by atoms with Gasteiger partial charge in [0.15, 0.2) is 0 Å². The van der Waals surface area contributed by atoms with Gasteiger partial charge >= 0.3 is 11.8 Å². The molecule has 1 aromatic heterocycles. The molecule has 0 bridgehead atoms. The van der Waals surface area contributed by atoms with Crippen LogP contribution in [0.1, 0.15) is 22.3 Å². The third-order valence-corrected chi connectivity index (χ3v) is 3.36. The normalized spacial score (nSPS) is 10.2. The van der Waals surface area contributed by atoms with Crippen molar-refractivity contribution in [1.29, 1.82) is 0 Å². The number of rotatable bonds is 2. The summed E-state index contributed by atoms with van der Waals surface area (Å²) in [5, 5.41) is 5.18. The minimum atomic E-state index is -0.735. The molecule has 0 saturated carbocycles. The number of aromatic nitrogens is 1. The highest BCUT2D eigenvalue weighted by atomic mass is 16.2. The van der Waals surface area contributed by atoms with Gasteiger partial charge in [-0.1, -0.05) is 23.8 Å². The maximum atomic E-state index is 12.1. The highest BCUT2D eigenvalue weighted by Crippen LogP contribution is 2.21. The van der Waals surface area contributed by atoms with Crippen LogP contribution in [0.15, 0.2) is 30.5 Å². The molecule has 0 saturated heterocycles. The molecule has 0 spiro atoms. The van der Waals surface area contributed by atoms with Crippen molar-refractivity contribution >= 4 is 23.3 Å². The lowest BCUT2D eigenvalue weighted by Gasteiger charge is -2.13. The lowest BCUT2D eigenvalue weighted by molar-refractivity contribution is -0.133. The summed E-state index contributed by atoms with van der Waals surface area (Å²) in [7, 11) is 0. The Labute approximate surface area is 129 Å². The Kier molecular flexibility index (Phi) is 4.56. The Hall–Kier alpha value is -2.69. The van der Waals surface area contributed by atoms with Gasteiger partial charge < -0.3 is 10.6 Å². The number of carbonyl (C=O) groups excluding carboxylic acids is 2. The summed E-state index contributed by atoms with van der Waals surface area (Å²) in [6, 6.07) is 7.51. The van der Waals surface area contributed by atoms with E-state index in [2.05, 4.69) is 15.6 Å². The van der Waals surface area contributed by atoms with Gasteiger partial charge in [-0.3, -0.25) is 9.59 Å². The van der Waals surface area contributed by atoms with Crippen LogP contribution in [0.25, 0.3) is 0 Å². The number of anilines is 2. The molecule has 1 heterocycles. The molecule has 5 nitrogen and oxygen atoms in total. The summed E-state index contributed by atoms with van der Waals surface area (Å²) in [4.78, 5) is 28.1. The fourth-order valence-corrected chi connectivity index (χ4v) is 2.33. The van der Waals surface area contributed by atoms with E-state index in [4.69, 9.17) is 0 Å².